The van der Waals surface area contributed by atoms with E-state index in [-0.39, 0.29) is 63.4 Å². The van der Waals surface area contributed by atoms with Crippen LogP contribution in [0.1, 0.15) is 13.3 Å². The van der Waals surface area contributed by atoms with E-state index in [1.165, 1.54) is 14.0 Å². The van der Waals surface area contributed by atoms with Crippen LogP contribution in [0.25, 0.3) is 0 Å². The maximum absolute atomic E-state index is 11.8. The van der Waals surface area contributed by atoms with Gasteiger partial charge in [-0.3, -0.25) is 4.79 Å². The van der Waals surface area contributed by atoms with E-state index >= 15 is 0 Å². The number of esters is 1. The van der Waals surface area contributed by atoms with Crippen LogP contribution in [-0.2, 0) is 19.1 Å². The largest absolute Gasteiger partial charge is 1.00 e. The van der Waals surface area contributed by atoms with Crippen molar-refractivity contribution in [1.29, 1.82) is 0 Å². The molecule has 1 N–H and O–H groups in total. The molecule has 0 aromatic rings. The number of aliphatic hydroxyl groups is 1. The normalized spacial score (nSPS) is 31.1. The van der Waals surface area contributed by atoms with Crippen molar-refractivity contribution < 1.29 is 80.7 Å². The van der Waals surface area contributed by atoms with Crippen molar-refractivity contribution in [2.45, 2.75) is 31.5 Å². The smallest absolute Gasteiger partial charge is 0.548 e. The summed E-state index contributed by atoms with van der Waals surface area (Å²) in [6.07, 6.45) is 0.453. The van der Waals surface area contributed by atoms with E-state index in [4.69, 9.17) is 0 Å². The Morgan fingerprint density at radius 2 is 2.15 bits per heavy atom. The fourth-order valence-corrected chi connectivity index (χ4v) is 2.81. The van der Waals surface area contributed by atoms with Crippen LogP contribution in [0.4, 0.5) is 0 Å². The number of hydrogen-bond donors (Lipinski definition) is 1. The Labute approximate surface area is 158 Å². The third-order valence-electron chi connectivity index (χ3n) is 3.63. The summed E-state index contributed by atoms with van der Waals surface area (Å²) in [6, 6.07) is -1.64. The van der Waals surface area contributed by atoms with E-state index in [0.717, 1.165) is 11.0 Å². The third kappa shape index (κ3) is 2.86. The zero-order valence-electron chi connectivity index (χ0n) is 11.5. The molecule has 2 aliphatic rings. The van der Waals surface area contributed by atoms with E-state index in [2.05, 4.69) is 4.74 Å². The van der Waals surface area contributed by atoms with E-state index in [1.807, 2.05) is 0 Å². The summed E-state index contributed by atoms with van der Waals surface area (Å²) in [7, 11) is 1.18. The summed E-state index contributed by atoms with van der Waals surface area (Å²) in [4.78, 5) is 35.3. The van der Waals surface area contributed by atoms with Gasteiger partial charge in [0.15, 0.2) is 0 Å². The molecule has 0 aromatic heterocycles. The van der Waals surface area contributed by atoms with Gasteiger partial charge in [0.2, 0.25) is 5.91 Å². The molecular formula is C12H14KNO6. The monoisotopic (exact) mass is 307 g/mol. The van der Waals surface area contributed by atoms with Crippen LogP contribution in [0, 0.1) is 5.92 Å². The van der Waals surface area contributed by atoms with Crippen molar-refractivity contribution in [2.75, 3.05) is 7.11 Å². The fourth-order valence-electron chi connectivity index (χ4n) is 2.81. The molecule has 0 saturated carbocycles. The van der Waals surface area contributed by atoms with Crippen molar-refractivity contribution >= 4 is 17.8 Å². The zero-order valence-corrected chi connectivity index (χ0v) is 14.7. The minimum Gasteiger partial charge on any atom is -0.548 e. The second-order valence-electron chi connectivity index (χ2n) is 4.75. The summed E-state index contributed by atoms with van der Waals surface area (Å²) in [5.41, 5.74) is 0.272. The van der Waals surface area contributed by atoms with Crippen molar-refractivity contribution in [3.8, 4) is 0 Å². The van der Waals surface area contributed by atoms with Crippen molar-refractivity contribution in [3.05, 3.63) is 11.6 Å². The van der Waals surface area contributed by atoms with Crippen molar-refractivity contribution in [3.63, 3.8) is 0 Å². The molecular weight excluding hydrogens is 293 g/mol. The van der Waals surface area contributed by atoms with Crippen LogP contribution in [0.5, 0.6) is 0 Å². The van der Waals surface area contributed by atoms with E-state index in [1.54, 1.807) is 0 Å². The predicted molar refractivity (Wildman–Crippen MR) is 59.3 cm³/mol. The topological polar surface area (TPSA) is 107 Å². The zero-order chi connectivity index (χ0) is 14.3. The molecule has 1 amide bonds. The molecule has 2 saturated heterocycles. The molecule has 0 unspecified atom stereocenters. The van der Waals surface area contributed by atoms with Crippen LogP contribution in [-0.4, -0.2) is 53.1 Å². The Morgan fingerprint density at radius 1 is 1.55 bits per heavy atom. The maximum Gasteiger partial charge on any atom is 1.00 e. The second-order valence-corrected chi connectivity index (χ2v) is 4.75. The SMILES string of the molecule is COC(=O)/C=C1\C[C@@H]2[C@@H]([C@@H](C)O)C(=O)N2[C@H]1C(=O)[O-].[K+]. The number of aliphatic carboxylic acids is 1. The first kappa shape index (κ1) is 17.8. The number of carbonyl (C=O) groups excluding carboxylic acids is 3. The molecule has 0 spiro atoms. The third-order valence-corrected chi connectivity index (χ3v) is 3.63. The molecule has 0 aliphatic carbocycles. The molecule has 104 valence electrons. The average Bonchev–Trinajstić information content (AvgIpc) is 2.63. The average molecular weight is 307 g/mol. The minimum absolute atomic E-state index is 0. The first-order valence-electron chi connectivity index (χ1n) is 5.88. The molecule has 2 heterocycles. The number of carbonyl (C=O) groups is 3. The van der Waals surface area contributed by atoms with E-state index in [9.17, 15) is 24.6 Å². The summed E-state index contributed by atoms with van der Waals surface area (Å²) >= 11 is 0. The quantitative estimate of drug-likeness (QED) is 0.242. The van der Waals surface area contributed by atoms with Crippen LogP contribution in [0.2, 0.25) is 0 Å². The Bertz CT molecular complexity index is 475. The summed E-state index contributed by atoms with van der Waals surface area (Å²) in [5.74, 6) is -3.16. The Morgan fingerprint density at radius 3 is 2.60 bits per heavy atom. The Hall–Kier alpha value is -0.254. The van der Waals surface area contributed by atoms with Gasteiger partial charge in [-0.2, -0.15) is 0 Å². The standard InChI is InChI=1S/C12H15NO6.K/c1-5(14)9-7-3-6(4-8(15)19-2)10(12(17)18)13(7)11(9)16;/h4-5,7,9-10,14H,3H2,1-2H3,(H,17,18);/q;+1/p-1/b6-4+;/t5-,7-,9-,10-;/m1./s1. The van der Waals surface area contributed by atoms with Gasteiger partial charge in [-0.15, -0.1) is 0 Å². The molecule has 2 aliphatic heterocycles. The minimum atomic E-state index is -1.44. The number of rotatable bonds is 3. The Balaban J connectivity index is 0.00000200. The number of β-lactam (4-membered cyclic amide) rings is 1. The number of aliphatic hydroxyl groups excluding tert-OH is 1. The Kier molecular flexibility index (Phi) is 5.94. The molecule has 0 bridgehead atoms. The number of methoxy groups -OCH3 is 1. The van der Waals surface area contributed by atoms with Gasteiger partial charge < -0.3 is 24.6 Å². The molecule has 4 atom stereocenters. The van der Waals surface area contributed by atoms with E-state index < -0.39 is 42.0 Å². The first-order valence-corrected chi connectivity index (χ1v) is 5.88. The van der Waals surface area contributed by atoms with Crippen LogP contribution < -0.4 is 56.5 Å². The molecule has 8 heteroatoms. The van der Waals surface area contributed by atoms with Gasteiger partial charge in [0, 0.05) is 6.08 Å². The van der Waals surface area contributed by atoms with Crippen LogP contribution >= 0.6 is 0 Å². The van der Waals surface area contributed by atoms with Gasteiger partial charge in [0.05, 0.1) is 37.2 Å². The van der Waals surface area contributed by atoms with Crippen molar-refractivity contribution in [2.24, 2.45) is 5.92 Å². The van der Waals surface area contributed by atoms with Gasteiger partial charge >= 0.3 is 57.4 Å². The van der Waals surface area contributed by atoms with Gasteiger partial charge in [0.25, 0.3) is 0 Å². The van der Waals surface area contributed by atoms with Gasteiger partial charge in [-0.1, -0.05) is 0 Å². The molecule has 2 fully saturated rings. The van der Waals surface area contributed by atoms with Gasteiger partial charge in [0.1, 0.15) is 0 Å². The molecule has 20 heavy (non-hydrogen) atoms. The van der Waals surface area contributed by atoms with E-state index in [0.29, 0.717) is 0 Å². The second kappa shape index (κ2) is 6.67. The summed E-state index contributed by atoms with van der Waals surface area (Å²) < 4.78 is 4.45. The number of hydrogen-bond acceptors (Lipinski definition) is 6. The van der Waals surface area contributed by atoms with Crippen LogP contribution in [0.3, 0.4) is 0 Å². The summed E-state index contributed by atoms with van der Waals surface area (Å²) in [6.45, 7) is 1.48. The fraction of sp³-hybridized carbons (Fsp3) is 0.583. The first-order chi connectivity index (χ1) is 8.88. The molecule has 0 radical (unpaired) electrons. The number of ether oxygens (including phenoxy) is 1. The van der Waals surface area contributed by atoms with Crippen molar-refractivity contribution in [1.82, 2.24) is 4.90 Å². The number of amides is 1. The summed E-state index contributed by atoms with van der Waals surface area (Å²) in [5, 5.41) is 20.6. The predicted octanol–water partition coefficient (Wildman–Crippen LogP) is -5.18. The molecule has 0 aromatic carbocycles. The number of carboxylic acids is 1. The van der Waals surface area contributed by atoms with Crippen LogP contribution in [0.15, 0.2) is 11.6 Å². The number of fused-ring (bicyclic) bond motifs is 1. The number of carboxylic acid groups (broad SMARTS) is 1. The molecule has 7 nitrogen and oxygen atoms in total. The van der Waals surface area contributed by atoms with Gasteiger partial charge in [-0.05, 0) is 18.9 Å². The maximum atomic E-state index is 11.8. The molecule has 2 rings (SSSR count). The van der Waals surface area contributed by atoms with Gasteiger partial charge in [-0.25, -0.2) is 4.79 Å². The number of nitrogens with zero attached hydrogens (tertiary/aromatic N) is 1.